The average Bonchev–Trinajstić information content (AvgIpc) is 4.00. The van der Waals surface area contributed by atoms with Crippen LogP contribution in [0.5, 0.6) is 5.75 Å². The van der Waals surface area contributed by atoms with Crippen molar-refractivity contribution in [2.45, 2.75) is 95.0 Å². The molecule has 1 fully saturated rings. The topological polar surface area (TPSA) is 328 Å². The number of nitrogens with zero attached hydrogens (tertiary/aromatic N) is 1. The van der Waals surface area contributed by atoms with E-state index in [0.29, 0.717) is 11.1 Å². The molecule has 0 aliphatic heterocycles. The van der Waals surface area contributed by atoms with Crippen LogP contribution in [-0.4, -0.2) is 101 Å². The summed E-state index contributed by atoms with van der Waals surface area (Å²) in [5.74, 6) is -5.31. The van der Waals surface area contributed by atoms with E-state index in [-0.39, 0.29) is 68.6 Å². The number of amides is 7. The Balaban J connectivity index is 1.46. The quantitative estimate of drug-likeness (QED) is 0.0291. The molecule has 0 radical (unpaired) electrons. The first-order chi connectivity index (χ1) is 30.4. The third-order valence-electron chi connectivity index (χ3n) is 10.9. The molecule has 0 spiro atoms. The second-order valence-corrected chi connectivity index (χ2v) is 16.4. The van der Waals surface area contributed by atoms with Crippen molar-refractivity contribution >= 4 is 47.3 Å². The minimum Gasteiger partial charge on any atom is -0.508 e. The number of primary amides is 1. The van der Waals surface area contributed by atoms with Gasteiger partial charge in [-0.25, -0.2) is 0 Å². The van der Waals surface area contributed by atoms with Crippen LogP contribution in [0.3, 0.4) is 0 Å². The number of nitrogens with two attached hydrogens (primary N) is 4. The Morgan fingerprint density at radius 3 is 1.81 bits per heavy atom. The zero-order valence-corrected chi connectivity index (χ0v) is 36.3. The van der Waals surface area contributed by atoms with Crippen molar-refractivity contribution in [3.8, 4) is 5.75 Å². The van der Waals surface area contributed by atoms with E-state index in [9.17, 15) is 38.7 Å². The summed E-state index contributed by atoms with van der Waals surface area (Å²) in [5.41, 5.74) is 23.4. The maximum atomic E-state index is 14.4. The molecule has 4 rings (SSSR count). The van der Waals surface area contributed by atoms with E-state index in [0.717, 1.165) is 5.56 Å². The molecule has 64 heavy (non-hydrogen) atoms. The molecule has 7 atom stereocenters. The van der Waals surface area contributed by atoms with Crippen LogP contribution in [0.1, 0.15) is 56.7 Å². The number of hydrogen-bond acceptors (Lipinski definition) is 10. The summed E-state index contributed by atoms with van der Waals surface area (Å²) in [5, 5.41) is 25.5. The van der Waals surface area contributed by atoms with Gasteiger partial charge in [0, 0.05) is 19.4 Å². The number of phenolic OH excluding ortho intramolecular Hbond substituents is 1. The molecule has 19 heteroatoms. The predicted molar refractivity (Wildman–Crippen MR) is 239 cm³/mol. The van der Waals surface area contributed by atoms with Crippen molar-refractivity contribution in [1.82, 2.24) is 31.9 Å². The van der Waals surface area contributed by atoms with Gasteiger partial charge in [0.15, 0.2) is 5.96 Å². The van der Waals surface area contributed by atoms with Gasteiger partial charge in [-0.2, -0.15) is 0 Å². The standard InChI is InChI=1S/C45H61N11O8/c1-26(2)32-24-45(32,43(64)55-34(15-10-20-50-44(48)49)41(62)54-35(38(47)59)22-28-11-6-4-7-12-28)56-42(63)36(23-29-13-8-5-9-14-29)53-37(58)25-51-39(60)27(3)52-40(61)33(46)21-30-16-18-31(57)19-17-30/h4-9,11-14,16-19,26-27,32-36,57H,10,15,20-25,46H2,1-3H3,(H2,47,59)(H,51,60)(H,52,61)(H,53,58)(H,54,62)(H,55,64)(H,56,63)(H4,48,49,50)/t27-,32+,33-,34-,35-,36-,45-/m0/s1. The highest BCUT2D eigenvalue weighted by Crippen LogP contribution is 2.49. The van der Waals surface area contributed by atoms with E-state index in [2.05, 4.69) is 36.9 Å². The second kappa shape index (κ2) is 23.4. The molecule has 19 nitrogen and oxygen atoms in total. The number of aliphatic imine (C=N–C) groups is 1. The summed E-state index contributed by atoms with van der Waals surface area (Å²) >= 11 is 0. The van der Waals surface area contributed by atoms with Crippen LogP contribution in [0.2, 0.25) is 0 Å². The van der Waals surface area contributed by atoms with Gasteiger partial charge in [0.25, 0.3) is 0 Å². The van der Waals surface area contributed by atoms with Gasteiger partial charge in [-0.05, 0) is 73.3 Å². The van der Waals surface area contributed by atoms with Crippen molar-refractivity contribution in [2.24, 2.45) is 39.8 Å². The Bertz CT molecular complexity index is 2120. The summed E-state index contributed by atoms with van der Waals surface area (Å²) in [7, 11) is 0. The van der Waals surface area contributed by atoms with Gasteiger partial charge >= 0.3 is 0 Å². The molecule has 7 amide bonds. The highest BCUT2D eigenvalue weighted by atomic mass is 16.3. The average molecular weight is 884 g/mol. The molecule has 0 unspecified atom stereocenters. The summed E-state index contributed by atoms with van der Waals surface area (Å²) in [6.07, 6.45) is 0.842. The van der Waals surface area contributed by atoms with Crippen LogP contribution < -0.4 is 54.8 Å². The van der Waals surface area contributed by atoms with Gasteiger partial charge in [-0.1, -0.05) is 86.6 Å². The Hall–Kier alpha value is -7.02. The molecule has 3 aromatic rings. The summed E-state index contributed by atoms with van der Waals surface area (Å²) in [6, 6.07) is 18.4. The first-order valence-electron chi connectivity index (χ1n) is 21.1. The van der Waals surface area contributed by atoms with E-state index in [1.165, 1.54) is 19.1 Å². The Morgan fingerprint density at radius 1 is 0.688 bits per heavy atom. The molecule has 0 bridgehead atoms. The lowest BCUT2D eigenvalue weighted by atomic mass is 10.00. The molecule has 1 saturated carbocycles. The summed E-state index contributed by atoms with van der Waals surface area (Å²) in [6.45, 7) is 4.81. The number of benzene rings is 3. The SMILES string of the molecule is CC(C)[C@H]1C[C@@]1(NC(=O)[C@H](Cc1ccccc1)NC(=O)CNC(=O)[C@H](C)NC(=O)[C@@H](N)Cc1ccc(O)cc1)C(=O)N[C@@H](CCCN=C(N)N)C(=O)N[C@@H](Cc1ccccc1)C(N)=O. The fourth-order valence-corrected chi connectivity index (χ4v) is 7.26. The Labute approximate surface area is 372 Å². The van der Waals surface area contributed by atoms with Gasteiger partial charge in [0.2, 0.25) is 41.4 Å². The number of phenols is 1. The summed E-state index contributed by atoms with van der Waals surface area (Å²) in [4.78, 5) is 97.9. The van der Waals surface area contributed by atoms with E-state index < -0.39 is 83.6 Å². The van der Waals surface area contributed by atoms with Crippen molar-refractivity contribution in [3.05, 3.63) is 102 Å². The van der Waals surface area contributed by atoms with Gasteiger partial charge in [-0.3, -0.25) is 38.6 Å². The summed E-state index contributed by atoms with van der Waals surface area (Å²) < 4.78 is 0. The zero-order chi connectivity index (χ0) is 47.0. The third-order valence-corrected chi connectivity index (χ3v) is 10.9. The number of aromatic hydroxyl groups is 1. The van der Waals surface area contributed by atoms with E-state index in [1.54, 1.807) is 66.7 Å². The monoisotopic (exact) mass is 883 g/mol. The molecular weight excluding hydrogens is 823 g/mol. The van der Waals surface area contributed by atoms with E-state index in [4.69, 9.17) is 22.9 Å². The van der Waals surface area contributed by atoms with Crippen LogP contribution in [-0.2, 0) is 52.8 Å². The minimum atomic E-state index is -1.47. The largest absolute Gasteiger partial charge is 0.508 e. The molecule has 1 aliphatic rings. The second-order valence-electron chi connectivity index (χ2n) is 16.4. The molecule has 3 aromatic carbocycles. The first kappa shape index (κ1) is 49.6. The Kier molecular flexibility index (Phi) is 18.2. The van der Waals surface area contributed by atoms with Gasteiger partial charge < -0.3 is 59.9 Å². The number of carbonyl (C=O) groups is 7. The number of guanidine groups is 1. The van der Waals surface area contributed by atoms with Crippen molar-refractivity contribution < 1.29 is 38.7 Å². The van der Waals surface area contributed by atoms with Crippen LogP contribution in [0.4, 0.5) is 0 Å². The van der Waals surface area contributed by atoms with E-state index >= 15 is 0 Å². The maximum Gasteiger partial charge on any atom is 0.246 e. The molecule has 0 saturated heterocycles. The molecule has 15 N–H and O–H groups in total. The van der Waals surface area contributed by atoms with Gasteiger partial charge in [0.05, 0.1) is 12.6 Å². The van der Waals surface area contributed by atoms with Gasteiger partial charge in [-0.15, -0.1) is 0 Å². The Morgan fingerprint density at radius 2 is 1.27 bits per heavy atom. The molecule has 344 valence electrons. The smallest absolute Gasteiger partial charge is 0.246 e. The van der Waals surface area contributed by atoms with Crippen molar-refractivity contribution in [3.63, 3.8) is 0 Å². The van der Waals surface area contributed by atoms with Crippen LogP contribution in [0.15, 0.2) is 89.9 Å². The van der Waals surface area contributed by atoms with Crippen LogP contribution in [0, 0.1) is 11.8 Å². The first-order valence-corrected chi connectivity index (χ1v) is 21.1. The highest BCUT2D eigenvalue weighted by molar-refractivity contribution is 6.00. The lowest BCUT2D eigenvalue weighted by Gasteiger charge is -2.28. The molecule has 1 aliphatic carbocycles. The van der Waals surface area contributed by atoms with Crippen molar-refractivity contribution in [1.29, 1.82) is 0 Å². The van der Waals surface area contributed by atoms with Gasteiger partial charge in [0.1, 0.15) is 35.5 Å². The lowest BCUT2D eigenvalue weighted by molar-refractivity contribution is -0.135. The zero-order valence-electron chi connectivity index (χ0n) is 36.3. The number of nitrogens with one attached hydrogen (secondary N) is 6. The highest BCUT2D eigenvalue weighted by Gasteiger charge is 2.62. The third kappa shape index (κ3) is 15.1. The number of carbonyl (C=O) groups excluding carboxylic acids is 7. The van der Waals surface area contributed by atoms with Crippen LogP contribution >= 0.6 is 0 Å². The number of rotatable bonds is 24. The number of hydrogen-bond donors (Lipinski definition) is 11. The minimum absolute atomic E-state index is 0.0214. The van der Waals surface area contributed by atoms with Crippen molar-refractivity contribution in [2.75, 3.05) is 13.1 Å². The molecule has 0 heterocycles. The molecular formula is C45H61N11O8. The fraction of sp³-hybridized carbons (Fsp3) is 0.422. The normalized spacial score (nSPS) is 17.5. The predicted octanol–water partition coefficient (Wildman–Crippen LogP) is -1.11. The van der Waals surface area contributed by atoms with E-state index in [1.807, 2.05) is 19.9 Å². The maximum absolute atomic E-state index is 14.4. The lowest BCUT2D eigenvalue weighted by Crippen LogP contribution is -2.61. The van der Waals surface area contributed by atoms with Crippen LogP contribution in [0.25, 0.3) is 0 Å². The fourth-order valence-electron chi connectivity index (χ4n) is 7.26. The molecule has 0 aromatic heterocycles.